The molecule has 0 aliphatic heterocycles. The maximum absolute atomic E-state index is 14.0. The van der Waals surface area contributed by atoms with E-state index in [1.807, 2.05) is 50.2 Å². The molecular weight excluding hydrogens is 649 g/mol. The molecular formula is C29H33ClIN3O4S. The van der Waals surface area contributed by atoms with Crippen LogP contribution in [0.15, 0.2) is 78.9 Å². The Kier molecular flexibility index (Phi) is 11.2. The summed E-state index contributed by atoms with van der Waals surface area (Å²) in [5.74, 6) is -0.826. The van der Waals surface area contributed by atoms with Crippen molar-refractivity contribution in [2.45, 2.75) is 45.3 Å². The number of nitrogens with one attached hydrogen (secondary N) is 1. The molecule has 0 saturated heterocycles. The van der Waals surface area contributed by atoms with Crippen LogP contribution in [-0.4, -0.2) is 50.0 Å². The predicted octanol–water partition coefficient (Wildman–Crippen LogP) is 5.27. The molecule has 2 unspecified atom stereocenters. The van der Waals surface area contributed by atoms with Crippen LogP contribution in [-0.2, 0) is 32.6 Å². The quantitative estimate of drug-likeness (QED) is 0.264. The Morgan fingerprint density at radius 3 is 2.18 bits per heavy atom. The number of anilines is 1. The number of halogens is 2. The SMILES string of the molecule is CCC(C)NC(=O)C(Cc1ccccc1)N(Cc1ccccc1Cl)C(=O)CN(c1ccc(I)cc1)S(C)(=O)=O. The van der Waals surface area contributed by atoms with Gasteiger partial charge in [-0.15, -0.1) is 0 Å². The Morgan fingerprint density at radius 1 is 0.974 bits per heavy atom. The lowest BCUT2D eigenvalue weighted by Gasteiger charge is -2.34. The monoisotopic (exact) mass is 681 g/mol. The zero-order valence-corrected chi connectivity index (χ0v) is 25.9. The molecule has 39 heavy (non-hydrogen) atoms. The highest BCUT2D eigenvalue weighted by molar-refractivity contribution is 14.1. The standard InChI is InChI=1S/C29H33ClIN3O4S/c1-4-21(2)32-29(36)27(18-22-10-6-5-7-11-22)33(19-23-12-8-9-13-26(23)30)28(35)20-34(39(3,37)38)25-16-14-24(31)15-17-25/h5-17,21,27H,4,18-20H2,1-3H3,(H,32,36). The molecule has 0 fully saturated rings. The molecule has 208 valence electrons. The maximum Gasteiger partial charge on any atom is 0.244 e. The summed E-state index contributed by atoms with van der Waals surface area (Å²) >= 11 is 8.60. The lowest BCUT2D eigenvalue weighted by molar-refractivity contribution is -0.140. The van der Waals surface area contributed by atoms with Crippen molar-refractivity contribution < 1.29 is 18.0 Å². The minimum absolute atomic E-state index is 0.0359. The summed E-state index contributed by atoms with van der Waals surface area (Å²) in [6, 6.07) is 22.4. The van der Waals surface area contributed by atoms with Gasteiger partial charge in [0.25, 0.3) is 0 Å². The summed E-state index contributed by atoms with van der Waals surface area (Å²) in [5, 5.41) is 3.46. The van der Waals surface area contributed by atoms with E-state index in [0.717, 1.165) is 26.1 Å². The van der Waals surface area contributed by atoms with Gasteiger partial charge in [0.05, 0.1) is 11.9 Å². The van der Waals surface area contributed by atoms with Gasteiger partial charge in [-0.25, -0.2) is 8.42 Å². The number of benzene rings is 3. The normalized spacial score (nSPS) is 12.8. The van der Waals surface area contributed by atoms with E-state index in [9.17, 15) is 18.0 Å². The first-order chi connectivity index (χ1) is 18.5. The van der Waals surface area contributed by atoms with Crippen molar-refractivity contribution in [3.05, 3.63) is 98.6 Å². The van der Waals surface area contributed by atoms with Gasteiger partial charge in [0, 0.05) is 27.6 Å². The van der Waals surface area contributed by atoms with Crippen molar-refractivity contribution in [1.82, 2.24) is 10.2 Å². The van der Waals surface area contributed by atoms with Crippen LogP contribution in [0, 0.1) is 3.57 Å². The molecule has 0 aliphatic carbocycles. The first kappa shape index (κ1) is 30.9. The van der Waals surface area contributed by atoms with Crippen LogP contribution >= 0.6 is 34.2 Å². The van der Waals surface area contributed by atoms with E-state index in [4.69, 9.17) is 11.6 Å². The Morgan fingerprint density at radius 2 is 1.59 bits per heavy atom. The van der Waals surface area contributed by atoms with Crippen LogP contribution in [0.5, 0.6) is 0 Å². The number of hydrogen-bond acceptors (Lipinski definition) is 4. The third-order valence-corrected chi connectivity index (χ3v) is 8.59. The number of hydrogen-bond donors (Lipinski definition) is 1. The van der Waals surface area contributed by atoms with E-state index in [1.165, 1.54) is 4.90 Å². The minimum atomic E-state index is -3.81. The fraction of sp³-hybridized carbons (Fsp3) is 0.310. The van der Waals surface area contributed by atoms with Crippen LogP contribution in [0.4, 0.5) is 5.69 Å². The lowest BCUT2D eigenvalue weighted by atomic mass is 10.0. The average Bonchev–Trinajstić information content (AvgIpc) is 2.90. The molecule has 0 saturated carbocycles. The molecule has 7 nitrogen and oxygen atoms in total. The van der Waals surface area contributed by atoms with Gasteiger partial charge >= 0.3 is 0 Å². The van der Waals surface area contributed by atoms with E-state index in [0.29, 0.717) is 16.3 Å². The number of nitrogens with zero attached hydrogens (tertiary/aromatic N) is 2. The Labute approximate surface area is 249 Å². The highest BCUT2D eigenvalue weighted by Gasteiger charge is 2.33. The Balaban J connectivity index is 2.06. The molecule has 0 aromatic heterocycles. The molecule has 2 atom stereocenters. The molecule has 0 aliphatic rings. The summed E-state index contributed by atoms with van der Waals surface area (Å²) in [7, 11) is -3.81. The first-order valence-corrected chi connectivity index (χ1v) is 15.9. The highest BCUT2D eigenvalue weighted by atomic mass is 127. The lowest BCUT2D eigenvalue weighted by Crippen LogP contribution is -2.54. The van der Waals surface area contributed by atoms with Crippen molar-refractivity contribution >= 4 is 61.7 Å². The highest BCUT2D eigenvalue weighted by Crippen LogP contribution is 2.23. The molecule has 0 bridgehead atoms. The number of carbonyl (C=O) groups excluding carboxylic acids is 2. The second kappa shape index (κ2) is 14.1. The molecule has 2 amide bonds. The molecule has 0 radical (unpaired) electrons. The Hall–Kier alpha value is -2.63. The first-order valence-electron chi connectivity index (χ1n) is 12.6. The van der Waals surface area contributed by atoms with E-state index in [-0.39, 0.29) is 24.9 Å². The van der Waals surface area contributed by atoms with E-state index >= 15 is 0 Å². The number of amides is 2. The van der Waals surface area contributed by atoms with E-state index < -0.39 is 28.5 Å². The third-order valence-electron chi connectivity index (χ3n) is 6.36. The summed E-state index contributed by atoms with van der Waals surface area (Å²) in [4.78, 5) is 29.1. The molecule has 0 heterocycles. The van der Waals surface area contributed by atoms with Crippen LogP contribution < -0.4 is 9.62 Å². The second-order valence-corrected chi connectivity index (χ2v) is 12.9. The zero-order chi connectivity index (χ0) is 28.6. The van der Waals surface area contributed by atoms with Crippen molar-refractivity contribution in [3.8, 4) is 0 Å². The Bertz CT molecular complexity index is 1370. The van der Waals surface area contributed by atoms with Gasteiger partial charge in [-0.05, 0) is 77.4 Å². The average molecular weight is 682 g/mol. The summed E-state index contributed by atoms with van der Waals surface area (Å²) in [5.41, 5.74) is 1.89. The van der Waals surface area contributed by atoms with Gasteiger partial charge in [-0.1, -0.05) is 67.1 Å². The number of carbonyl (C=O) groups is 2. The smallest absolute Gasteiger partial charge is 0.244 e. The molecule has 0 spiro atoms. The molecule has 10 heteroatoms. The van der Waals surface area contributed by atoms with E-state index in [1.54, 1.807) is 42.5 Å². The van der Waals surface area contributed by atoms with E-state index in [2.05, 4.69) is 27.9 Å². The fourth-order valence-electron chi connectivity index (χ4n) is 4.03. The molecule has 3 aromatic carbocycles. The van der Waals surface area contributed by atoms with Crippen molar-refractivity contribution in [1.29, 1.82) is 0 Å². The van der Waals surface area contributed by atoms with Crippen molar-refractivity contribution in [2.24, 2.45) is 0 Å². The topological polar surface area (TPSA) is 86.8 Å². The number of rotatable bonds is 12. The van der Waals surface area contributed by atoms with Crippen LogP contribution in [0.2, 0.25) is 5.02 Å². The fourth-order valence-corrected chi connectivity index (χ4v) is 5.43. The summed E-state index contributed by atoms with van der Waals surface area (Å²) in [6.45, 7) is 3.44. The van der Waals surface area contributed by atoms with Crippen LogP contribution in [0.3, 0.4) is 0 Å². The molecule has 1 N–H and O–H groups in total. The van der Waals surface area contributed by atoms with Gasteiger partial charge in [-0.2, -0.15) is 0 Å². The second-order valence-electron chi connectivity index (χ2n) is 9.38. The van der Waals surface area contributed by atoms with Gasteiger partial charge in [-0.3, -0.25) is 13.9 Å². The van der Waals surface area contributed by atoms with Crippen molar-refractivity contribution in [2.75, 3.05) is 17.1 Å². The van der Waals surface area contributed by atoms with Gasteiger partial charge in [0.1, 0.15) is 12.6 Å². The van der Waals surface area contributed by atoms with Crippen molar-refractivity contribution in [3.63, 3.8) is 0 Å². The third kappa shape index (κ3) is 8.94. The van der Waals surface area contributed by atoms with Crippen LogP contribution in [0.1, 0.15) is 31.4 Å². The number of sulfonamides is 1. The van der Waals surface area contributed by atoms with Gasteiger partial charge in [0.2, 0.25) is 21.8 Å². The summed E-state index contributed by atoms with van der Waals surface area (Å²) in [6.07, 6.45) is 2.03. The predicted molar refractivity (Wildman–Crippen MR) is 165 cm³/mol. The summed E-state index contributed by atoms with van der Waals surface area (Å²) < 4.78 is 27.6. The molecule has 3 rings (SSSR count). The zero-order valence-electron chi connectivity index (χ0n) is 22.2. The van der Waals surface area contributed by atoms with Gasteiger partial charge < -0.3 is 10.2 Å². The maximum atomic E-state index is 14.0. The van der Waals surface area contributed by atoms with Gasteiger partial charge in [0.15, 0.2) is 0 Å². The molecule has 3 aromatic rings. The largest absolute Gasteiger partial charge is 0.352 e. The minimum Gasteiger partial charge on any atom is -0.352 e. The van der Waals surface area contributed by atoms with Crippen LogP contribution in [0.25, 0.3) is 0 Å².